The van der Waals surface area contributed by atoms with Gasteiger partial charge in [-0.3, -0.25) is 14.6 Å². The molecule has 0 aliphatic carbocycles. The van der Waals surface area contributed by atoms with Gasteiger partial charge >= 0.3 is 6.18 Å². The zero-order valence-corrected chi connectivity index (χ0v) is 12.0. The molecule has 0 spiro atoms. The molecule has 1 aromatic heterocycles. The number of carbonyl (C=O) groups excluding carboxylic acids is 2. The van der Waals surface area contributed by atoms with Crippen LogP contribution in [0.3, 0.4) is 0 Å². The molecule has 5 nitrogen and oxygen atoms in total. The van der Waals surface area contributed by atoms with E-state index >= 15 is 0 Å². The molecule has 2 heterocycles. The summed E-state index contributed by atoms with van der Waals surface area (Å²) in [5, 5.41) is 2.31. The highest BCUT2D eigenvalue weighted by Crippen LogP contribution is 2.20. The van der Waals surface area contributed by atoms with E-state index in [4.69, 9.17) is 0 Å². The number of carbonyl (C=O) groups is 2. The zero-order valence-electron chi connectivity index (χ0n) is 12.0. The van der Waals surface area contributed by atoms with Crippen molar-refractivity contribution in [2.45, 2.75) is 32.0 Å². The highest BCUT2D eigenvalue weighted by atomic mass is 19.4. The number of hydrogen-bond acceptors (Lipinski definition) is 3. The molecule has 0 aromatic carbocycles. The number of rotatable bonds is 3. The Labute approximate surface area is 125 Å². The molecule has 8 heteroatoms. The number of halogens is 3. The van der Waals surface area contributed by atoms with Crippen molar-refractivity contribution in [2.24, 2.45) is 0 Å². The largest absolute Gasteiger partial charge is 0.397 e. The first-order valence-electron chi connectivity index (χ1n) is 6.82. The van der Waals surface area contributed by atoms with Crippen LogP contribution in [-0.2, 0) is 4.79 Å². The number of aromatic nitrogens is 1. The maximum Gasteiger partial charge on any atom is 0.397 e. The molecule has 22 heavy (non-hydrogen) atoms. The smallest absolute Gasteiger partial charge is 0.351 e. The van der Waals surface area contributed by atoms with Gasteiger partial charge in [0.2, 0.25) is 5.91 Å². The normalized spacial score (nSPS) is 18.4. The van der Waals surface area contributed by atoms with Gasteiger partial charge in [-0.05, 0) is 25.5 Å². The molecule has 2 rings (SSSR count). The summed E-state index contributed by atoms with van der Waals surface area (Å²) >= 11 is 0. The third kappa shape index (κ3) is 4.44. The van der Waals surface area contributed by atoms with Crippen LogP contribution in [0.1, 0.15) is 28.9 Å². The number of amides is 2. The van der Waals surface area contributed by atoms with Crippen molar-refractivity contribution >= 4 is 11.8 Å². The first-order chi connectivity index (χ1) is 10.2. The van der Waals surface area contributed by atoms with E-state index in [0.717, 1.165) is 5.69 Å². The van der Waals surface area contributed by atoms with Crippen molar-refractivity contribution in [1.82, 2.24) is 15.2 Å². The molecule has 1 aromatic rings. The van der Waals surface area contributed by atoms with E-state index in [1.54, 1.807) is 19.1 Å². The maximum atomic E-state index is 12.2. The van der Waals surface area contributed by atoms with E-state index in [1.807, 2.05) is 0 Å². The van der Waals surface area contributed by atoms with Crippen LogP contribution in [0, 0.1) is 6.92 Å². The summed E-state index contributed by atoms with van der Waals surface area (Å²) in [6, 6.07) is 2.92. The van der Waals surface area contributed by atoms with Crippen molar-refractivity contribution in [2.75, 3.05) is 13.1 Å². The predicted molar refractivity (Wildman–Crippen MR) is 72.1 cm³/mol. The van der Waals surface area contributed by atoms with Crippen LogP contribution in [0.5, 0.6) is 0 Å². The fourth-order valence-corrected chi connectivity index (χ4v) is 2.30. The SMILES string of the molecule is Cc1ccc(C(=O)N2CC[C@@H](NC(=O)CC(F)(F)F)C2)cn1. The van der Waals surface area contributed by atoms with Crippen LogP contribution < -0.4 is 5.32 Å². The van der Waals surface area contributed by atoms with Gasteiger partial charge in [-0.25, -0.2) is 0 Å². The summed E-state index contributed by atoms with van der Waals surface area (Å²) < 4.78 is 36.3. The Bertz CT molecular complexity index is 557. The molecule has 0 bridgehead atoms. The van der Waals surface area contributed by atoms with Gasteiger partial charge in [0.15, 0.2) is 0 Å². The van der Waals surface area contributed by atoms with Crippen molar-refractivity contribution < 1.29 is 22.8 Å². The standard InChI is InChI=1S/C14H16F3N3O2/c1-9-2-3-10(7-18-9)13(22)20-5-4-11(8-20)19-12(21)6-14(15,16)17/h2-3,7,11H,4-6,8H2,1H3,(H,19,21)/t11-/m1/s1. The number of nitrogens with one attached hydrogen (secondary N) is 1. The van der Waals surface area contributed by atoms with Gasteiger partial charge in [-0.15, -0.1) is 0 Å². The number of pyridine rings is 1. The van der Waals surface area contributed by atoms with Crippen LogP contribution >= 0.6 is 0 Å². The number of likely N-dealkylation sites (tertiary alicyclic amines) is 1. The van der Waals surface area contributed by atoms with E-state index in [0.29, 0.717) is 18.5 Å². The Balaban J connectivity index is 1.88. The summed E-state index contributed by atoms with van der Waals surface area (Å²) in [7, 11) is 0. The third-order valence-electron chi connectivity index (χ3n) is 3.36. The van der Waals surface area contributed by atoms with Crippen LogP contribution in [-0.4, -0.2) is 47.0 Å². The van der Waals surface area contributed by atoms with Crippen LogP contribution in [0.4, 0.5) is 13.2 Å². The average molecular weight is 315 g/mol. The van der Waals surface area contributed by atoms with Crippen molar-refractivity contribution in [3.05, 3.63) is 29.6 Å². The maximum absolute atomic E-state index is 12.2. The van der Waals surface area contributed by atoms with E-state index < -0.39 is 24.5 Å². The Kier molecular flexibility index (Phi) is 4.68. The van der Waals surface area contributed by atoms with E-state index in [2.05, 4.69) is 10.3 Å². The van der Waals surface area contributed by atoms with Crippen molar-refractivity contribution in [1.29, 1.82) is 0 Å². The zero-order chi connectivity index (χ0) is 16.3. The van der Waals surface area contributed by atoms with Crippen LogP contribution in [0.15, 0.2) is 18.3 Å². The minimum absolute atomic E-state index is 0.205. The molecule has 2 amide bonds. The molecule has 1 N–H and O–H groups in total. The lowest BCUT2D eigenvalue weighted by Gasteiger charge is -2.17. The quantitative estimate of drug-likeness (QED) is 0.923. The van der Waals surface area contributed by atoms with Crippen LogP contribution in [0.25, 0.3) is 0 Å². The fourth-order valence-electron chi connectivity index (χ4n) is 2.30. The third-order valence-corrected chi connectivity index (χ3v) is 3.36. The van der Waals surface area contributed by atoms with Gasteiger partial charge in [0.05, 0.1) is 5.56 Å². The van der Waals surface area contributed by atoms with Gasteiger partial charge < -0.3 is 10.2 Å². The summed E-state index contributed by atoms with van der Waals surface area (Å²) in [6.07, 6.45) is -4.12. The molecular formula is C14H16F3N3O2. The second kappa shape index (κ2) is 6.33. The van der Waals surface area contributed by atoms with E-state index in [-0.39, 0.29) is 12.5 Å². The summed E-state index contributed by atoms with van der Waals surface area (Å²) in [5.41, 5.74) is 1.21. The monoisotopic (exact) mass is 315 g/mol. The van der Waals surface area contributed by atoms with Crippen LogP contribution in [0.2, 0.25) is 0 Å². The molecule has 1 fully saturated rings. The molecule has 1 atom stereocenters. The molecule has 0 unspecified atom stereocenters. The molecular weight excluding hydrogens is 299 g/mol. The van der Waals surface area contributed by atoms with Gasteiger partial charge in [-0.1, -0.05) is 0 Å². The van der Waals surface area contributed by atoms with Gasteiger partial charge in [0.1, 0.15) is 6.42 Å². The Morgan fingerprint density at radius 2 is 2.14 bits per heavy atom. The minimum atomic E-state index is -4.52. The molecule has 0 radical (unpaired) electrons. The Morgan fingerprint density at radius 3 is 2.73 bits per heavy atom. The van der Waals surface area contributed by atoms with Crippen molar-refractivity contribution in [3.8, 4) is 0 Å². The second-order valence-electron chi connectivity index (χ2n) is 5.28. The lowest BCUT2D eigenvalue weighted by molar-refractivity contribution is -0.154. The Hall–Kier alpha value is -2.12. The highest BCUT2D eigenvalue weighted by molar-refractivity contribution is 5.94. The predicted octanol–water partition coefficient (Wildman–Crippen LogP) is 1.67. The Morgan fingerprint density at radius 1 is 1.41 bits per heavy atom. The van der Waals surface area contributed by atoms with Gasteiger partial charge in [-0.2, -0.15) is 13.2 Å². The van der Waals surface area contributed by atoms with E-state index in [9.17, 15) is 22.8 Å². The summed E-state index contributed by atoms with van der Waals surface area (Å²) in [6.45, 7) is 2.40. The molecule has 1 aliphatic heterocycles. The molecule has 120 valence electrons. The van der Waals surface area contributed by atoms with E-state index in [1.165, 1.54) is 11.1 Å². The number of alkyl halides is 3. The van der Waals surface area contributed by atoms with Crippen molar-refractivity contribution in [3.63, 3.8) is 0 Å². The molecule has 0 saturated carbocycles. The second-order valence-corrected chi connectivity index (χ2v) is 5.28. The first-order valence-corrected chi connectivity index (χ1v) is 6.82. The average Bonchev–Trinajstić information content (AvgIpc) is 2.85. The lowest BCUT2D eigenvalue weighted by atomic mass is 10.2. The number of nitrogens with zero attached hydrogens (tertiary/aromatic N) is 2. The highest BCUT2D eigenvalue weighted by Gasteiger charge is 2.34. The first kappa shape index (κ1) is 16.3. The fraction of sp³-hybridized carbons (Fsp3) is 0.500. The summed E-state index contributed by atoms with van der Waals surface area (Å²) in [5.74, 6) is -1.30. The number of aryl methyl sites for hydroxylation is 1. The molecule has 1 aliphatic rings. The lowest BCUT2D eigenvalue weighted by Crippen LogP contribution is -2.40. The summed E-state index contributed by atoms with van der Waals surface area (Å²) in [4.78, 5) is 29.0. The topological polar surface area (TPSA) is 62.3 Å². The molecule has 1 saturated heterocycles. The van der Waals surface area contributed by atoms with Gasteiger partial charge in [0, 0.05) is 31.0 Å². The minimum Gasteiger partial charge on any atom is -0.351 e. The number of hydrogen-bond donors (Lipinski definition) is 1. The van der Waals surface area contributed by atoms with Gasteiger partial charge in [0.25, 0.3) is 5.91 Å².